The molecule has 0 unspecified atom stereocenters. The lowest BCUT2D eigenvalue weighted by Gasteiger charge is -2.17. The summed E-state index contributed by atoms with van der Waals surface area (Å²) < 4.78 is 0. The highest BCUT2D eigenvalue weighted by Gasteiger charge is 2.20. The molecule has 94 valence electrons. The van der Waals surface area contributed by atoms with Gasteiger partial charge < -0.3 is 0 Å². The van der Waals surface area contributed by atoms with Gasteiger partial charge in [-0.15, -0.1) is 0 Å². The standard InChI is InChI=1S/C17H13ClO/c18-14-8-5-12(6-9-14)11-16-15-4-2-1-3-13(15)7-10-17(16)19/h1-6,8-9,11H,7,10H2. The summed E-state index contributed by atoms with van der Waals surface area (Å²) in [6.07, 6.45) is 3.39. The summed E-state index contributed by atoms with van der Waals surface area (Å²) >= 11 is 5.88. The van der Waals surface area contributed by atoms with Crippen LogP contribution in [0.4, 0.5) is 0 Å². The average molecular weight is 269 g/mol. The Kier molecular flexibility index (Phi) is 3.22. The van der Waals surface area contributed by atoms with Gasteiger partial charge in [0.1, 0.15) is 0 Å². The number of allylic oxidation sites excluding steroid dienone is 1. The van der Waals surface area contributed by atoms with E-state index in [2.05, 4.69) is 6.07 Å². The van der Waals surface area contributed by atoms with E-state index >= 15 is 0 Å². The van der Waals surface area contributed by atoms with Crippen LogP contribution in [0.3, 0.4) is 0 Å². The summed E-state index contributed by atoms with van der Waals surface area (Å²) in [7, 11) is 0. The molecule has 0 radical (unpaired) electrons. The third-order valence-electron chi connectivity index (χ3n) is 3.41. The molecule has 0 heterocycles. The Hall–Kier alpha value is -1.86. The van der Waals surface area contributed by atoms with Crippen molar-refractivity contribution >= 4 is 29.0 Å². The van der Waals surface area contributed by atoms with Crippen LogP contribution in [0.2, 0.25) is 5.02 Å². The van der Waals surface area contributed by atoms with E-state index in [0.717, 1.165) is 23.1 Å². The van der Waals surface area contributed by atoms with E-state index in [1.54, 1.807) is 0 Å². The molecule has 3 rings (SSSR count). The highest BCUT2D eigenvalue weighted by molar-refractivity contribution is 6.30. The van der Waals surface area contributed by atoms with Gasteiger partial charge in [-0.25, -0.2) is 0 Å². The van der Waals surface area contributed by atoms with Crippen LogP contribution in [-0.2, 0) is 11.2 Å². The first-order valence-electron chi connectivity index (χ1n) is 6.33. The normalized spacial score (nSPS) is 16.5. The number of benzene rings is 2. The second-order valence-electron chi connectivity index (χ2n) is 4.69. The Labute approximate surface area is 117 Å². The summed E-state index contributed by atoms with van der Waals surface area (Å²) in [6.45, 7) is 0. The van der Waals surface area contributed by atoms with Gasteiger partial charge in [0.2, 0.25) is 0 Å². The molecule has 0 aliphatic heterocycles. The first kappa shape index (κ1) is 12.2. The number of halogens is 1. The molecule has 0 N–H and O–H groups in total. The molecule has 2 aromatic carbocycles. The first-order chi connectivity index (χ1) is 9.24. The van der Waals surface area contributed by atoms with Crippen LogP contribution in [0.25, 0.3) is 11.6 Å². The highest BCUT2D eigenvalue weighted by atomic mass is 35.5. The van der Waals surface area contributed by atoms with Crippen molar-refractivity contribution in [1.29, 1.82) is 0 Å². The van der Waals surface area contributed by atoms with Crippen molar-refractivity contribution in [2.45, 2.75) is 12.8 Å². The van der Waals surface area contributed by atoms with Crippen molar-refractivity contribution in [1.82, 2.24) is 0 Å². The second kappa shape index (κ2) is 5.02. The molecule has 0 spiro atoms. The van der Waals surface area contributed by atoms with Crippen molar-refractivity contribution in [2.75, 3.05) is 0 Å². The minimum absolute atomic E-state index is 0.216. The number of carbonyl (C=O) groups excluding carboxylic acids is 1. The molecule has 1 aliphatic rings. The molecule has 1 nitrogen and oxygen atoms in total. The van der Waals surface area contributed by atoms with Crippen LogP contribution in [-0.4, -0.2) is 5.78 Å². The third-order valence-corrected chi connectivity index (χ3v) is 3.66. The number of rotatable bonds is 1. The lowest BCUT2D eigenvalue weighted by atomic mass is 9.85. The highest BCUT2D eigenvalue weighted by Crippen LogP contribution is 2.29. The third kappa shape index (κ3) is 2.47. The molecular formula is C17H13ClO. The fraction of sp³-hybridized carbons (Fsp3) is 0.118. The summed E-state index contributed by atoms with van der Waals surface area (Å²) in [5.74, 6) is 0.216. The van der Waals surface area contributed by atoms with Gasteiger partial charge in [-0.3, -0.25) is 4.79 Å². The van der Waals surface area contributed by atoms with Gasteiger partial charge in [-0.1, -0.05) is 48.0 Å². The molecule has 0 amide bonds. The number of fused-ring (bicyclic) bond motifs is 1. The van der Waals surface area contributed by atoms with Crippen molar-refractivity contribution in [2.24, 2.45) is 0 Å². The molecular weight excluding hydrogens is 256 g/mol. The van der Waals surface area contributed by atoms with Gasteiger partial charge in [0.15, 0.2) is 5.78 Å². The molecule has 1 aliphatic carbocycles. The van der Waals surface area contributed by atoms with Crippen molar-refractivity contribution in [3.63, 3.8) is 0 Å². The SMILES string of the molecule is O=C1CCc2ccccc2C1=Cc1ccc(Cl)cc1. The molecule has 0 fully saturated rings. The van der Waals surface area contributed by atoms with Gasteiger partial charge in [0, 0.05) is 17.0 Å². The van der Waals surface area contributed by atoms with Crippen LogP contribution in [0, 0.1) is 0 Å². The lowest BCUT2D eigenvalue weighted by molar-refractivity contribution is -0.113. The van der Waals surface area contributed by atoms with Crippen LogP contribution in [0.1, 0.15) is 23.1 Å². The molecule has 2 heteroatoms. The fourth-order valence-electron chi connectivity index (χ4n) is 2.42. The monoisotopic (exact) mass is 268 g/mol. The van der Waals surface area contributed by atoms with Crippen LogP contribution < -0.4 is 0 Å². The number of Topliss-reactive ketones (excluding diaryl/α,β-unsaturated/α-hetero) is 1. The number of hydrogen-bond donors (Lipinski definition) is 0. The molecule has 0 aromatic heterocycles. The average Bonchev–Trinajstić information content (AvgIpc) is 2.44. The minimum atomic E-state index is 0.216. The van der Waals surface area contributed by atoms with Gasteiger partial charge in [0.05, 0.1) is 0 Å². The predicted octanol–water partition coefficient (Wildman–Crippen LogP) is 4.40. The zero-order valence-corrected chi connectivity index (χ0v) is 11.2. The molecule has 0 saturated carbocycles. The van der Waals surface area contributed by atoms with Gasteiger partial charge in [-0.05, 0) is 41.3 Å². The van der Waals surface area contributed by atoms with Crippen LogP contribution >= 0.6 is 11.6 Å². The topological polar surface area (TPSA) is 17.1 Å². The van der Waals surface area contributed by atoms with Crippen molar-refractivity contribution in [3.05, 3.63) is 70.2 Å². The summed E-state index contributed by atoms with van der Waals surface area (Å²) in [5.41, 5.74) is 4.13. The molecule has 0 atom stereocenters. The number of hydrogen-bond acceptors (Lipinski definition) is 1. The molecule has 2 aromatic rings. The Morgan fingerprint density at radius 2 is 1.68 bits per heavy atom. The Bertz CT molecular complexity index is 653. The van der Waals surface area contributed by atoms with Crippen LogP contribution in [0.5, 0.6) is 0 Å². The molecule has 0 bridgehead atoms. The van der Waals surface area contributed by atoms with Crippen LogP contribution in [0.15, 0.2) is 48.5 Å². The summed E-state index contributed by atoms with van der Waals surface area (Å²) in [5, 5.41) is 0.706. The number of carbonyl (C=O) groups is 1. The molecule has 0 saturated heterocycles. The maximum atomic E-state index is 12.1. The largest absolute Gasteiger partial charge is 0.294 e. The predicted molar refractivity (Wildman–Crippen MR) is 79.1 cm³/mol. The fourth-order valence-corrected chi connectivity index (χ4v) is 2.54. The lowest BCUT2D eigenvalue weighted by Crippen LogP contribution is -2.12. The van der Waals surface area contributed by atoms with E-state index in [9.17, 15) is 4.79 Å². The van der Waals surface area contributed by atoms with Crippen molar-refractivity contribution in [3.8, 4) is 0 Å². The van der Waals surface area contributed by atoms with Gasteiger partial charge >= 0.3 is 0 Å². The smallest absolute Gasteiger partial charge is 0.163 e. The van der Waals surface area contributed by atoms with E-state index in [-0.39, 0.29) is 5.78 Å². The Morgan fingerprint density at radius 3 is 2.47 bits per heavy atom. The quantitative estimate of drug-likeness (QED) is 0.701. The maximum absolute atomic E-state index is 12.1. The van der Waals surface area contributed by atoms with E-state index in [1.807, 2.05) is 48.5 Å². The Morgan fingerprint density at radius 1 is 0.947 bits per heavy atom. The van der Waals surface area contributed by atoms with E-state index in [4.69, 9.17) is 11.6 Å². The molecule has 19 heavy (non-hydrogen) atoms. The minimum Gasteiger partial charge on any atom is -0.294 e. The Balaban J connectivity index is 2.08. The van der Waals surface area contributed by atoms with Crippen molar-refractivity contribution < 1.29 is 4.79 Å². The zero-order chi connectivity index (χ0) is 13.2. The van der Waals surface area contributed by atoms with E-state index in [1.165, 1.54) is 5.56 Å². The van der Waals surface area contributed by atoms with Gasteiger partial charge in [0.25, 0.3) is 0 Å². The zero-order valence-electron chi connectivity index (χ0n) is 10.4. The summed E-state index contributed by atoms with van der Waals surface area (Å²) in [6, 6.07) is 15.7. The number of ketones is 1. The summed E-state index contributed by atoms with van der Waals surface area (Å²) in [4.78, 5) is 12.1. The number of aryl methyl sites for hydroxylation is 1. The van der Waals surface area contributed by atoms with Gasteiger partial charge in [-0.2, -0.15) is 0 Å². The van der Waals surface area contributed by atoms with E-state index < -0.39 is 0 Å². The second-order valence-corrected chi connectivity index (χ2v) is 5.13. The maximum Gasteiger partial charge on any atom is 0.163 e. The first-order valence-corrected chi connectivity index (χ1v) is 6.70. The van der Waals surface area contributed by atoms with E-state index in [0.29, 0.717) is 11.4 Å².